The molecular formula is C24H17ClN4O2S. The van der Waals surface area contributed by atoms with E-state index in [1.807, 2.05) is 43.3 Å². The van der Waals surface area contributed by atoms with Gasteiger partial charge in [-0.3, -0.25) is 14.2 Å². The molecule has 0 aliphatic heterocycles. The smallest absolute Gasteiger partial charge is 0.271 e. The average molecular weight is 461 g/mol. The van der Waals surface area contributed by atoms with Crippen LogP contribution in [0.1, 0.15) is 5.69 Å². The molecule has 6 nitrogen and oxygen atoms in total. The van der Waals surface area contributed by atoms with Crippen LogP contribution < -0.4 is 10.9 Å². The summed E-state index contributed by atoms with van der Waals surface area (Å²) in [4.78, 5) is 35.6. The van der Waals surface area contributed by atoms with Crippen LogP contribution in [0.3, 0.4) is 0 Å². The first kappa shape index (κ1) is 20.4. The van der Waals surface area contributed by atoms with Crippen molar-refractivity contribution in [3.8, 4) is 11.1 Å². The number of fused-ring (bicyclic) bond motifs is 3. The Morgan fingerprint density at radius 3 is 2.72 bits per heavy atom. The van der Waals surface area contributed by atoms with Gasteiger partial charge in [-0.25, -0.2) is 9.97 Å². The normalized spacial score (nSPS) is 11.2. The van der Waals surface area contributed by atoms with Crippen molar-refractivity contribution in [2.75, 3.05) is 5.32 Å². The zero-order chi connectivity index (χ0) is 22.2. The van der Waals surface area contributed by atoms with Gasteiger partial charge in [0, 0.05) is 21.8 Å². The molecular weight excluding hydrogens is 444 g/mol. The number of hydrogen-bond donors (Lipinski definition) is 1. The monoisotopic (exact) mass is 460 g/mol. The number of hydrogen-bond acceptors (Lipinski definition) is 5. The van der Waals surface area contributed by atoms with Crippen molar-refractivity contribution in [2.45, 2.75) is 13.5 Å². The summed E-state index contributed by atoms with van der Waals surface area (Å²) < 4.78 is 1.79. The maximum atomic E-state index is 13.2. The number of aryl methyl sites for hydroxylation is 1. The van der Waals surface area contributed by atoms with Gasteiger partial charge in [-0.05, 0) is 42.3 Å². The van der Waals surface area contributed by atoms with Crippen molar-refractivity contribution in [3.05, 3.63) is 88.1 Å². The predicted molar refractivity (Wildman–Crippen MR) is 129 cm³/mol. The SMILES string of the molecule is Cc1cc(-c2ccccc2)c2c(n1)sc1c(=O)n(CC(=O)Nc3cccc(Cl)c3)cnc12. The zero-order valence-electron chi connectivity index (χ0n) is 17.0. The molecule has 0 bridgehead atoms. The van der Waals surface area contributed by atoms with Crippen LogP contribution in [0.5, 0.6) is 0 Å². The van der Waals surface area contributed by atoms with E-state index in [0.717, 1.165) is 27.0 Å². The minimum Gasteiger partial charge on any atom is -0.324 e. The second kappa shape index (κ2) is 8.18. The van der Waals surface area contributed by atoms with Crippen LogP contribution in [0, 0.1) is 6.92 Å². The third-order valence-corrected chi connectivity index (χ3v) is 6.35. The fourth-order valence-corrected chi connectivity index (χ4v) is 5.00. The highest BCUT2D eigenvalue weighted by Crippen LogP contribution is 2.37. The molecule has 0 aliphatic rings. The van der Waals surface area contributed by atoms with E-state index in [1.54, 1.807) is 24.3 Å². The first-order chi connectivity index (χ1) is 15.5. The van der Waals surface area contributed by atoms with Gasteiger partial charge in [0.1, 0.15) is 16.1 Å². The van der Waals surface area contributed by atoms with Crippen LogP contribution in [0.25, 0.3) is 31.6 Å². The molecule has 0 atom stereocenters. The molecule has 0 radical (unpaired) electrons. The van der Waals surface area contributed by atoms with Crippen molar-refractivity contribution < 1.29 is 4.79 Å². The summed E-state index contributed by atoms with van der Waals surface area (Å²) in [7, 11) is 0. The van der Waals surface area contributed by atoms with E-state index in [-0.39, 0.29) is 18.0 Å². The predicted octanol–water partition coefficient (Wildman–Crippen LogP) is 5.27. The molecule has 1 amide bonds. The van der Waals surface area contributed by atoms with Crippen LogP contribution in [0.15, 0.2) is 71.8 Å². The molecule has 158 valence electrons. The fraction of sp³-hybridized carbons (Fsp3) is 0.0833. The molecule has 0 saturated carbocycles. The minimum atomic E-state index is -0.337. The Morgan fingerprint density at radius 2 is 1.94 bits per heavy atom. The number of anilines is 1. The molecule has 0 saturated heterocycles. The Kier molecular flexibility index (Phi) is 5.20. The van der Waals surface area contributed by atoms with Gasteiger partial charge in [0.05, 0.1) is 11.8 Å². The van der Waals surface area contributed by atoms with E-state index in [0.29, 0.717) is 20.9 Å². The molecule has 1 N–H and O–H groups in total. The summed E-state index contributed by atoms with van der Waals surface area (Å²) >= 11 is 7.27. The van der Waals surface area contributed by atoms with Gasteiger partial charge in [-0.2, -0.15) is 0 Å². The number of carbonyl (C=O) groups is 1. The molecule has 0 aliphatic carbocycles. The lowest BCUT2D eigenvalue weighted by molar-refractivity contribution is -0.116. The Bertz CT molecular complexity index is 1540. The Labute approximate surface area is 192 Å². The summed E-state index contributed by atoms with van der Waals surface area (Å²) in [5, 5.41) is 4.13. The second-order valence-corrected chi connectivity index (χ2v) is 8.81. The van der Waals surface area contributed by atoms with Gasteiger partial charge in [0.25, 0.3) is 5.56 Å². The highest BCUT2D eigenvalue weighted by Gasteiger charge is 2.18. The highest BCUT2D eigenvalue weighted by atomic mass is 35.5. The summed E-state index contributed by atoms with van der Waals surface area (Å²) in [5.41, 5.74) is 3.80. The standard InChI is InChI=1S/C24H17ClN4O2S/c1-14-10-18(15-6-3-2-4-7-15)20-21-22(32-23(20)27-14)24(31)29(13-26-21)12-19(30)28-17-9-5-8-16(25)11-17/h2-11,13H,12H2,1H3,(H,28,30). The molecule has 0 spiro atoms. The third-order valence-electron chi connectivity index (χ3n) is 5.05. The molecule has 3 aromatic heterocycles. The first-order valence-corrected chi connectivity index (χ1v) is 11.1. The maximum Gasteiger partial charge on any atom is 0.271 e. The average Bonchev–Trinajstić information content (AvgIpc) is 3.15. The lowest BCUT2D eigenvalue weighted by atomic mass is 10.0. The minimum absolute atomic E-state index is 0.152. The Hall–Kier alpha value is -3.55. The molecule has 0 unspecified atom stereocenters. The molecule has 5 rings (SSSR count). The number of aromatic nitrogens is 3. The molecule has 2 aromatic carbocycles. The zero-order valence-corrected chi connectivity index (χ0v) is 18.6. The van der Waals surface area contributed by atoms with Crippen molar-refractivity contribution in [1.82, 2.24) is 14.5 Å². The molecule has 32 heavy (non-hydrogen) atoms. The van der Waals surface area contributed by atoms with E-state index in [4.69, 9.17) is 11.6 Å². The van der Waals surface area contributed by atoms with E-state index in [9.17, 15) is 9.59 Å². The molecule has 5 aromatic rings. The van der Waals surface area contributed by atoms with Gasteiger partial charge < -0.3 is 5.32 Å². The van der Waals surface area contributed by atoms with E-state index < -0.39 is 0 Å². The number of thiophene rings is 1. The largest absolute Gasteiger partial charge is 0.324 e. The van der Waals surface area contributed by atoms with Crippen LogP contribution in [0.4, 0.5) is 5.69 Å². The fourth-order valence-electron chi connectivity index (χ4n) is 3.66. The lowest BCUT2D eigenvalue weighted by Crippen LogP contribution is -2.27. The van der Waals surface area contributed by atoms with Crippen molar-refractivity contribution in [3.63, 3.8) is 0 Å². The number of nitrogens with zero attached hydrogens (tertiary/aromatic N) is 3. The lowest BCUT2D eigenvalue weighted by Gasteiger charge is -2.08. The van der Waals surface area contributed by atoms with Gasteiger partial charge in [0.15, 0.2) is 0 Å². The number of benzene rings is 2. The summed E-state index contributed by atoms with van der Waals surface area (Å²) in [6, 6.07) is 18.8. The number of rotatable bonds is 4. The van der Waals surface area contributed by atoms with Crippen molar-refractivity contribution in [2.24, 2.45) is 0 Å². The van der Waals surface area contributed by atoms with Gasteiger partial charge in [0.2, 0.25) is 5.91 Å². The van der Waals surface area contributed by atoms with E-state index >= 15 is 0 Å². The number of nitrogens with one attached hydrogen (secondary N) is 1. The topological polar surface area (TPSA) is 76.9 Å². The quantitative estimate of drug-likeness (QED) is 0.396. The number of amides is 1. The number of pyridine rings is 1. The van der Waals surface area contributed by atoms with Crippen molar-refractivity contribution in [1.29, 1.82) is 0 Å². The number of halogens is 1. The van der Waals surface area contributed by atoms with Crippen LogP contribution in [-0.4, -0.2) is 20.4 Å². The Morgan fingerprint density at radius 1 is 1.12 bits per heavy atom. The van der Waals surface area contributed by atoms with Gasteiger partial charge in [-0.1, -0.05) is 48.0 Å². The molecule has 3 heterocycles. The van der Waals surface area contributed by atoms with Gasteiger partial charge >= 0.3 is 0 Å². The van der Waals surface area contributed by atoms with Crippen LogP contribution in [-0.2, 0) is 11.3 Å². The summed E-state index contributed by atoms with van der Waals surface area (Å²) in [5.74, 6) is -0.337. The highest BCUT2D eigenvalue weighted by molar-refractivity contribution is 7.25. The second-order valence-electron chi connectivity index (χ2n) is 7.37. The van der Waals surface area contributed by atoms with E-state index in [1.165, 1.54) is 22.2 Å². The van der Waals surface area contributed by atoms with Crippen molar-refractivity contribution >= 4 is 55.0 Å². The molecule has 0 fully saturated rings. The maximum absolute atomic E-state index is 13.2. The Balaban J connectivity index is 1.56. The van der Waals surface area contributed by atoms with E-state index in [2.05, 4.69) is 15.3 Å². The summed E-state index contributed by atoms with van der Waals surface area (Å²) in [6.45, 7) is 1.78. The first-order valence-electron chi connectivity index (χ1n) is 9.90. The molecule has 8 heteroatoms. The summed E-state index contributed by atoms with van der Waals surface area (Å²) in [6.07, 6.45) is 1.42. The van der Waals surface area contributed by atoms with Gasteiger partial charge in [-0.15, -0.1) is 11.3 Å². The number of carbonyl (C=O) groups excluding carboxylic acids is 1. The third kappa shape index (κ3) is 3.77. The van der Waals surface area contributed by atoms with Crippen LogP contribution >= 0.6 is 22.9 Å². The van der Waals surface area contributed by atoms with Crippen LogP contribution in [0.2, 0.25) is 5.02 Å².